The van der Waals surface area contributed by atoms with Crippen molar-refractivity contribution in [3.8, 4) is 0 Å². The van der Waals surface area contributed by atoms with E-state index < -0.39 is 12.3 Å². The minimum absolute atomic E-state index is 0.229. The van der Waals surface area contributed by atoms with Crippen LogP contribution in [-0.2, 0) is 14.3 Å². The summed E-state index contributed by atoms with van der Waals surface area (Å²) in [5.74, 6) is -1.18. The molecule has 0 saturated heterocycles. The molecule has 0 atom stereocenters. The number of aliphatic carboxylic acids is 1. The number of hydrogen-bond acceptors (Lipinski definition) is 4. The van der Waals surface area contributed by atoms with Gasteiger partial charge in [-0.25, -0.2) is 0 Å². The average molecular weight is 133 g/mol. The van der Waals surface area contributed by atoms with Gasteiger partial charge < -0.3 is 19.4 Å². The van der Waals surface area contributed by atoms with Gasteiger partial charge in [-0.1, -0.05) is 0 Å². The molecule has 0 aliphatic rings. The Kier molecular flexibility index (Phi) is 4.00. The summed E-state index contributed by atoms with van der Waals surface area (Å²) in [6.07, 6.45) is -0.914. The van der Waals surface area contributed by atoms with E-state index in [1.165, 1.54) is 14.2 Å². The van der Waals surface area contributed by atoms with Gasteiger partial charge in [0.25, 0.3) is 0 Å². The number of hydrogen-bond donors (Lipinski definition) is 0. The summed E-state index contributed by atoms with van der Waals surface area (Å²) in [5, 5.41) is 9.86. The molecular formula is C5H9O4-. The maximum Gasteiger partial charge on any atom is 0.161 e. The minimum atomic E-state index is -1.18. The van der Waals surface area contributed by atoms with Gasteiger partial charge in [-0.2, -0.15) is 0 Å². The van der Waals surface area contributed by atoms with Gasteiger partial charge in [-0.05, 0) is 0 Å². The summed E-state index contributed by atoms with van der Waals surface area (Å²) >= 11 is 0. The topological polar surface area (TPSA) is 58.6 Å². The third-order valence-electron chi connectivity index (χ3n) is 0.859. The Morgan fingerprint density at radius 1 is 1.56 bits per heavy atom. The zero-order valence-electron chi connectivity index (χ0n) is 5.42. The third kappa shape index (κ3) is 3.93. The summed E-state index contributed by atoms with van der Waals surface area (Å²) in [6, 6.07) is 0. The Morgan fingerprint density at radius 2 is 2.00 bits per heavy atom. The lowest BCUT2D eigenvalue weighted by Crippen LogP contribution is -2.29. The molecule has 0 aromatic heterocycles. The van der Waals surface area contributed by atoms with Crippen LogP contribution in [0.1, 0.15) is 6.42 Å². The summed E-state index contributed by atoms with van der Waals surface area (Å²) in [7, 11) is 2.74. The SMILES string of the molecule is COC(CC(=O)[O-])OC. The van der Waals surface area contributed by atoms with Gasteiger partial charge in [0.2, 0.25) is 0 Å². The van der Waals surface area contributed by atoms with Crippen molar-refractivity contribution in [2.75, 3.05) is 14.2 Å². The summed E-state index contributed by atoms with van der Waals surface area (Å²) in [5.41, 5.74) is 0. The first-order valence-corrected chi connectivity index (χ1v) is 2.46. The molecule has 0 aliphatic heterocycles. The maximum absolute atomic E-state index is 9.86. The Morgan fingerprint density at radius 3 is 2.11 bits per heavy atom. The van der Waals surface area contributed by atoms with Gasteiger partial charge in [0.1, 0.15) is 0 Å². The van der Waals surface area contributed by atoms with E-state index in [9.17, 15) is 9.90 Å². The van der Waals surface area contributed by atoms with E-state index in [1.54, 1.807) is 0 Å². The molecule has 0 aliphatic carbocycles. The van der Waals surface area contributed by atoms with E-state index >= 15 is 0 Å². The molecule has 4 nitrogen and oxygen atoms in total. The molecule has 0 rings (SSSR count). The van der Waals surface area contributed by atoms with Crippen LogP contribution < -0.4 is 5.11 Å². The number of rotatable bonds is 4. The summed E-state index contributed by atoms with van der Waals surface area (Å²) in [6.45, 7) is 0. The molecule has 0 spiro atoms. The molecule has 0 unspecified atom stereocenters. The minimum Gasteiger partial charge on any atom is -0.550 e. The first kappa shape index (κ1) is 8.39. The number of carbonyl (C=O) groups excluding carboxylic acids is 1. The Balaban J connectivity index is 3.43. The van der Waals surface area contributed by atoms with Gasteiger partial charge in [-0.3, -0.25) is 0 Å². The van der Waals surface area contributed by atoms with Crippen molar-refractivity contribution in [2.45, 2.75) is 12.7 Å². The highest BCUT2D eigenvalue weighted by Crippen LogP contribution is 1.94. The maximum atomic E-state index is 9.86. The molecule has 4 heteroatoms. The lowest BCUT2D eigenvalue weighted by atomic mass is 10.4. The molecule has 9 heavy (non-hydrogen) atoms. The number of methoxy groups -OCH3 is 2. The number of carboxylic acids is 1. The van der Waals surface area contributed by atoms with Crippen LogP contribution in [0.4, 0.5) is 0 Å². The van der Waals surface area contributed by atoms with E-state index in [2.05, 4.69) is 9.47 Å². The molecule has 0 fully saturated rings. The Bertz CT molecular complexity index is 87.0. The van der Waals surface area contributed by atoms with Crippen LogP contribution in [0, 0.1) is 0 Å². The van der Waals surface area contributed by atoms with Crippen LogP contribution in [0.15, 0.2) is 0 Å². The standard InChI is InChI=1S/C5H10O4/c1-8-5(9-2)3-4(6)7/h5H,3H2,1-2H3,(H,6,7)/p-1. The molecule has 0 radical (unpaired) electrons. The lowest BCUT2D eigenvalue weighted by molar-refractivity contribution is -0.311. The second-order valence-corrected chi connectivity index (χ2v) is 1.48. The van der Waals surface area contributed by atoms with Crippen molar-refractivity contribution < 1.29 is 19.4 Å². The monoisotopic (exact) mass is 133 g/mol. The highest BCUT2D eigenvalue weighted by molar-refractivity contribution is 5.64. The van der Waals surface area contributed by atoms with Crippen LogP contribution in [-0.4, -0.2) is 26.5 Å². The van der Waals surface area contributed by atoms with Crippen LogP contribution in [0.3, 0.4) is 0 Å². The van der Waals surface area contributed by atoms with Gasteiger partial charge in [0.05, 0.1) is 0 Å². The quantitative estimate of drug-likeness (QED) is 0.449. The van der Waals surface area contributed by atoms with Gasteiger partial charge in [0, 0.05) is 26.6 Å². The summed E-state index contributed by atoms with van der Waals surface area (Å²) < 4.78 is 9.13. The Labute approximate surface area is 53.4 Å². The molecule has 0 heterocycles. The molecule has 0 bridgehead atoms. The van der Waals surface area contributed by atoms with Crippen LogP contribution >= 0.6 is 0 Å². The largest absolute Gasteiger partial charge is 0.550 e. The normalized spacial score (nSPS) is 10.1. The van der Waals surface area contributed by atoms with Gasteiger partial charge in [0.15, 0.2) is 6.29 Å². The fraction of sp³-hybridized carbons (Fsp3) is 0.800. The molecule has 0 aromatic rings. The highest BCUT2D eigenvalue weighted by atomic mass is 16.7. The van der Waals surface area contributed by atoms with Gasteiger partial charge >= 0.3 is 0 Å². The van der Waals surface area contributed by atoms with Crippen molar-refractivity contribution in [3.63, 3.8) is 0 Å². The molecular weight excluding hydrogens is 124 g/mol. The van der Waals surface area contributed by atoms with E-state index in [4.69, 9.17) is 0 Å². The highest BCUT2D eigenvalue weighted by Gasteiger charge is 2.02. The second-order valence-electron chi connectivity index (χ2n) is 1.48. The van der Waals surface area contributed by atoms with E-state index in [1.807, 2.05) is 0 Å². The predicted molar refractivity (Wildman–Crippen MR) is 27.4 cm³/mol. The first-order valence-electron chi connectivity index (χ1n) is 2.46. The molecule has 54 valence electrons. The van der Waals surface area contributed by atoms with Crippen LogP contribution in [0.2, 0.25) is 0 Å². The number of ether oxygens (including phenoxy) is 2. The summed E-state index contributed by atoms with van der Waals surface area (Å²) in [4.78, 5) is 9.86. The van der Waals surface area contributed by atoms with Gasteiger partial charge in [-0.15, -0.1) is 0 Å². The lowest BCUT2D eigenvalue weighted by Gasteiger charge is -2.12. The van der Waals surface area contributed by atoms with E-state index in [-0.39, 0.29) is 6.42 Å². The van der Waals surface area contributed by atoms with Crippen LogP contribution in [0.5, 0.6) is 0 Å². The van der Waals surface area contributed by atoms with E-state index in [0.717, 1.165) is 0 Å². The van der Waals surface area contributed by atoms with Crippen LogP contribution in [0.25, 0.3) is 0 Å². The van der Waals surface area contributed by atoms with Crippen molar-refractivity contribution >= 4 is 5.97 Å². The fourth-order valence-corrected chi connectivity index (χ4v) is 0.399. The smallest absolute Gasteiger partial charge is 0.161 e. The molecule has 0 saturated carbocycles. The Hall–Kier alpha value is -0.610. The second kappa shape index (κ2) is 4.29. The zero-order chi connectivity index (χ0) is 7.28. The third-order valence-corrected chi connectivity index (χ3v) is 0.859. The molecule has 0 N–H and O–H groups in total. The molecule has 0 aromatic carbocycles. The number of carboxylic acid groups (broad SMARTS) is 1. The van der Waals surface area contributed by atoms with Crippen molar-refractivity contribution in [2.24, 2.45) is 0 Å². The fourth-order valence-electron chi connectivity index (χ4n) is 0.399. The average Bonchev–Trinajstić information content (AvgIpc) is 1.82. The zero-order valence-corrected chi connectivity index (χ0v) is 5.42. The van der Waals surface area contributed by atoms with Crippen molar-refractivity contribution in [1.29, 1.82) is 0 Å². The predicted octanol–water partition coefficient (Wildman–Crippen LogP) is -1.25. The van der Waals surface area contributed by atoms with Crippen molar-refractivity contribution in [1.82, 2.24) is 0 Å². The number of carbonyl (C=O) groups is 1. The first-order chi connectivity index (χ1) is 4.20. The van der Waals surface area contributed by atoms with Crippen molar-refractivity contribution in [3.05, 3.63) is 0 Å². The van der Waals surface area contributed by atoms with E-state index in [0.29, 0.717) is 0 Å². The molecule has 0 amide bonds.